The highest BCUT2D eigenvalue weighted by Crippen LogP contribution is 2.24. The predicted molar refractivity (Wildman–Crippen MR) is 84.8 cm³/mol. The smallest absolute Gasteiger partial charge is 0.314 e. The first-order valence-electron chi connectivity index (χ1n) is 8.09. The van der Waals surface area contributed by atoms with Crippen LogP contribution in [0.25, 0.3) is 0 Å². The van der Waals surface area contributed by atoms with Gasteiger partial charge in [-0.05, 0) is 38.1 Å². The van der Waals surface area contributed by atoms with Crippen molar-refractivity contribution in [2.24, 2.45) is 0 Å². The number of amides is 2. The molecule has 0 aromatic carbocycles. The molecule has 1 saturated heterocycles. The average Bonchev–Trinajstić information content (AvgIpc) is 2.91. The summed E-state index contributed by atoms with van der Waals surface area (Å²) in [5, 5.41) is 5.72. The molecular formula is C16H27N3O3. The summed E-state index contributed by atoms with van der Waals surface area (Å²) in [6, 6.07) is 3.82. The molecule has 1 aliphatic heterocycles. The summed E-state index contributed by atoms with van der Waals surface area (Å²) in [6.07, 6.45) is 6.67. The summed E-state index contributed by atoms with van der Waals surface area (Å²) in [4.78, 5) is 14.2. The first-order chi connectivity index (χ1) is 10.8. The molecule has 2 rings (SSSR count). The number of nitrogens with one attached hydrogen (secondary N) is 2. The van der Waals surface area contributed by atoms with Crippen LogP contribution in [-0.4, -0.2) is 50.8 Å². The SMILES string of the molecule is COCCNC(=O)NCC(c1ccco1)N1CCCCCC1. The quantitative estimate of drug-likeness (QED) is 0.757. The molecule has 1 fully saturated rings. The highest BCUT2D eigenvalue weighted by Gasteiger charge is 2.24. The molecule has 22 heavy (non-hydrogen) atoms. The van der Waals surface area contributed by atoms with Crippen LogP contribution in [0.4, 0.5) is 4.79 Å². The van der Waals surface area contributed by atoms with Gasteiger partial charge in [-0.3, -0.25) is 4.90 Å². The van der Waals surface area contributed by atoms with Crippen LogP contribution in [0.2, 0.25) is 0 Å². The number of carbonyl (C=O) groups is 1. The van der Waals surface area contributed by atoms with Crippen LogP contribution in [0.1, 0.15) is 37.5 Å². The van der Waals surface area contributed by atoms with Gasteiger partial charge in [0, 0.05) is 20.2 Å². The normalized spacial score (nSPS) is 17.7. The minimum absolute atomic E-state index is 0.0984. The number of urea groups is 1. The number of nitrogens with zero attached hydrogens (tertiary/aromatic N) is 1. The molecule has 0 spiro atoms. The summed E-state index contributed by atoms with van der Waals surface area (Å²) in [6.45, 7) is 3.68. The Bertz CT molecular complexity index is 414. The van der Waals surface area contributed by atoms with Crippen LogP contribution in [0.5, 0.6) is 0 Å². The van der Waals surface area contributed by atoms with E-state index >= 15 is 0 Å². The van der Waals surface area contributed by atoms with Crippen LogP contribution in [0.3, 0.4) is 0 Å². The lowest BCUT2D eigenvalue weighted by Crippen LogP contribution is -2.43. The van der Waals surface area contributed by atoms with Crippen molar-refractivity contribution >= 4 is 6.03 Å². The highest BCUT2D eigenvalue weighted by molar-refractivity contribution is 5.73. The van der Waals surface area contributed by atoms with E-state index in [1.807, 2.05) is 12.1 Å². The molecule has 2 heterocycles. The Balaban J connectivity index is 1.89. The second kappa shape index (κ2) is 9.48. The molecule has 1 aliphatic rings. The van der Waals surface area contributed by atoms with Crippen molar-refractivity contribution in [2.75, 3.05) is 39.9 Å². The molecule has 6 heteroatoms. The molecule has 0 radical (unpaired) electrons. The van der Waals surface area contributed by atoms with Gasteiger partial charge < -0.3 is 19.8 Å². The Morgan fingerprint density at radius 3 is 2.73 bits per heavy atom. The van der Waals surface area contributed by atoms with E-state index in [0.717, 1.165) is 18.8 Å². The average molecular weight is 309 g/mol. The number of furan rings is 1. The van der Waals surface area contributed by atoms with Crippen LogP contribution in [0.15, 0.2) is 22.8 Å². The first kappa shape index (κ1) is 16.8. The fourth-order valence-corrected chi connectivity index (χ4v) is 2.82. The maximum atomic E-state index is 11.8. The first-order valence-corrected chi connectivity index (χ1v) is 8.09. The molecule has 1 unspecified atom stereocenters. The van der Waals surface area contributed by atoms with Gasteiger partial charge in [-0.15, -0.1) is 0 Å². The Kier molecular flexibility index (Phi) is 7.25. The van der Waals surface area contributed by atoms with E-state index in [9.17, 15) is 4.79 Å². The van der Waals surface area contributed by atoms with Crippen LogP contribution < -0.4 is 10.6 Å². The minimum atomic E-state index is -0.163. The van der Waals surface area contributed by atoms with Crippen molar-refractivity contribution in [1.82, 2.24) is 15.5 Å². The topological polar surface area (TPSA) is 66.7 Å². The van der Waals surface area contributed by atoms with Crippen molar-refractivity contribution in [1.29, 1.82) is 0 Å². The summed E-state index contributed by atoms with van der Waals surface area (Å²) >= 11 is 0. The van der Waals surface area contributed by atoms with Gasteiger partial charge in [-0.1, -0.05) is 12.8 Å². The second-order valence-electron chi connectivity index (χ2n) is 5.61. The van der Waals surface area contributed by atoms with Gasteiger partial charge >= 0.3 is 6.03 Å². The molecule has 1 atom stereocenters. The van der Waals surface area contributed by atoms with E-state index in [2.05, 4.69) is 15.5 Å². The van der Waals surface area contributed by atoms with E-state index in [-0.39, 0.29) is 12.1 Å². The van der Waals surface area contributed by atoms with E-state index in [1.165, 1.54) is 25.7 Å². The molecule has 1 aromatic heterocycles. The largest absolute Gasteiger partial charge is 0.468 e. The number of rotatable bonds is 7. The molecule has 0 aliphatic carbocycles. The Hall–Kier alpha value is -1.53. The number of hydrogen-bond acceptors (Lipinski definition) is 4. The highest BCUT2D eigenvalue weighted by atomic mass is 16.5. The third-order valence-electron chi connectivity index (χ3n) is 4.00. The zero-order valence-electron chi connectivity index (χ0n) is 13.3. The fourth-order valence-electron chi connectivity index (χ4n) is 2.82. The number of methoxy groups -OCH3 is 1. The Labute approximate surface area is 132 Å². The monoisotopic (exact) mass is 309 g/mol. The summed E-state index contributed by atoms with van der Waals surface area (Å²) in [5.41, 5.74) is 0. The van der Waals surface area contributed by atoms with Crippen molar-refractivity contribution in [3.05, 3.63) is 24.2 Å². The second-order valence-corrected chi connectivity index (χ2v) is 5.61. The van der Waals surface area contributed by atoms with Crippen molar-refractivity contribution in [3.8, 4) is 0 Å². The predicted octanol–water partition coefficient (Wildman–Crippen LogP) is 2.14. The van der Waals surface area contributed by atoms with Crippen LogP contribution in [0, 0.1) is 0 Å². The molecular weight excluding hydrogens is 282 g/mol. The Morgan fingerprint density at radius 1 is 1.32 bits per heavy atom. The lowest BCUT2D eigenvalue weighted by molar-refractivity contribution is 0.173. The minimum Gasteiger partial charge on any atom is -0.468 e. The van der Waals surface area contributed by atoms with Gasteiger partial charge in [0.25, 0.3) is 0 Å². The van der Waals surface area contributed by atoms with E-state index < -0.39 is 0 Å². The van der Waals surface area contributed by atoms with Crippen LogP contribution >= 0.6 is 0 Å². The lowest BCUT2D eigenvalue weighted by atomic mass is 10.1. The number of hydrogen-bond donors (Lipinski definition) is 2. The van der Waals surface area contributed by atoms with Gasteiger partial charge in [-0.25, -0.2) is 4.79 Å². The maximum absolute atomic E-state index is 11.8. The van der Waals surface area contributed by atoms with Gasteiger partial charge in [-0.2, -0.15) is 0 Å². The maximum Gasteiger partial charge on any atom is 0.314 e. The van der Waals surface area contributed by atoms with Crippen molar-refractivity contribution in [3.63, 3.8) is 0 Å². The third kappa shape index (κ3) is 5.35. The van der Waals surface area contributed by atoms with Crippen LogP contribution in [-0.2, 0) is 4.74 Å². The van der Waals surface area contributed by atoms with Gasteiger partial charge in [0.2, 0.25) is 0 Å². The number of carbonyl (C=O) groups excluding carboxylic acids is 1. The third-order valence-corrected chi connectivity index (χ3v) is 4.00. The van der Waals surface area contributed by atoms with E-state index in [0.29, 0.717) is 19.7 Å². The molecule has 0 saturated carbocycles. The molecule has 6 nitrogen and oxygen atoms in total. The van der Waals surface area contributed by atoms with Gasteiger partial charge in [0.1, 0.15) is 5.76 Å². The van der Waals surface area contributed by atoms with Gasteiger partial charge in [0.15, 0.2) is 0 Å². The Morgan fingerprint density at radius 2 is 2.09 bits per heavy atom. The molecule has 0 bridgehead atoms. The van der Waals surface area contributed by atoms with E-state index in [1.54, 1.807) is 13.4 Å². The molecule has 2 amide bonds. The molecule has 1 aromatic rings. The van der Waals surface area contributed by atoms with Crippen molar-refractivity contribution in [2.45, 2.75) is 31.7 Å². The summed E-state index contributed by atoms with van der Waals surface area (Å²) in [5.74, 6) is 0.916. The summed E-state index contributed by atoms with van der Waals surface area (Å²) < 4.78 is 10.5. The standard InChI is InChI=1S/C16H27N3O3/c1-21-12-8-17-16(20)18-13-14(15-7-6-11-22-15)19-9-4-2-3-5-10-19/h6-7,11,14H,2-5,8-10,12-13H2,1H3,(H2,17,18,20). The zero-order chi connectivity index (χ0) is 15.6. The number of ether oxygens (including phenoxy) is 1. The molecule has 124 valence electrons. The van der Waals surface area contributed by atoms with Crippen molar-refractivity contribution < 1.29 is 13.9 Å². The molecule has 2 N–H and O–H groups in total. The number of likely N-dealkylation sites (tertiary alicyclic amines) is 1. The van der Waals surface area contributed by atoms with Gasteiger partial charge in [0.05, 0.1) is 18.9 Å². The fraction of sp³-hybridized carbons (Fsp3) is 0.688. The van der Waals surface area contributed by atoms with E-state index in [4.69, 9.17) is 9.15 Å². The zero-order valence-corrected chi connectivity index (χ0v) is 13.3. The summed E-state index contributed by atoms with van der Waals surface area (Å²) in [7, 11) is 1.62. The lowest BCUT2D eigenvalue weighted by Gasteiger charge is -2.29.